The number of benzene rings is 1. The Labute approximate surface area is 186 Å². The second-order valence-corrected chi connectivity index (χ2v) is 11.7. The lowest BCUT2D eigenvalue weighted by molar-refractivity contribution is 0.0422. The Morgan fingerprint density at radius 2 is 1.77 bits per heavy atom. The van der Waals surface area contributed by atoms with Crippen LogP contribution in [0.15, 0.2) is 39.2 Å². The number of fused-ring (bicyclic) bond motifs is 2. The Kier molecular flexibility index (Phi) is 4.54. The van der Waals surface area contributed by atoms with Gasteiger partial charge >= 0.3 is 0 Å². The second-order valence-electron chi connectivity index (χ2n) is 10.8. The highest BCUT2D eigenvalue weighted by Gasteiger charge is 2.53. The summed E-state index contributed by atoms with van der Waals surface area (Å²) >= 11 is 3.64. The molecule has 160 valence electrons. The zero-order chi connectivity index (χ0) is 21.3. The summed E-state index contributed by atoms with van der Waals surface area (Å²) in [7, 11) is 0. The third-order valence-corrected chi connectivity index (χ3v) is 8.17. The molecule has 1 aromatic heterocycles. The van der Waals surface area contributed by atoms with Gasteiger partial charge in [0.25, 0.3) is 5.91 Å². The molecule has 4 nitrogen and oxygen atoms in total. The number of carbonyl (C=O) groups excluding carboxylic acids is 1. The van der Waals surface area contributed by atoms with Gasteiger partial charge in [-0.2, -0.15) is 0 Å². The van der Waals surface area contributed by atoms with Gasteiger partial charge in [-0.25, -0.2) is 0 Å². The smallest absolute Gasteiger partial charge is 0.294 e. The van der Waals surface area contributed by atoms with Crippen LogP contribution in [0.2, 0.25) is 0 Å². The first-order valence-corrected chi connectivity index (χ1v) is 11.8. The summed E-state index contributed by atoms with van der Waals surface area (Å²) in [5.74, 6) is 0.632. The number of hydrogen-bond donors (Lipinski definition) is 1. The molecule has 1 aromatic carbocycles. The van der Waals surface area contributed by atoms with Gasteiger partial charge < -0.3 is 14.4 Å². The minimum absolute atomic E-state index is 0.0446. The van der Waals surface area contributed by atoms with Gasteiger partial charge in [-0.3, -0.25) is 4.79 Å². The lowest BCUT2D eigenvalue weighted by Gasteiger charge is -2.38. The molecule has 2 heterocycles. The molecule has 2 spiro atoms. The van der Waals surface area contributed by atoms with Crippen molar-refractivity contribution in [3.05, 3.63) is 51.9 Å². The van der Waals surface area contributed by atoms with Crippen LogP contribution in [0.4, 0.5) is 5.69 Å². The monoisotopic (exact) mass is 471 g/mol. The number of aliphatic hydroxyl groups is 1. The topological polar surface area (TPSA) is 53.7 Å². The standard InChI is InChI=1S/C25H30BrNO3/c1-23(2,3)21(28)19-6-7-20(30-19)22(29)27-15-25(12-10-24(8-9-24)11-13-25)17-14-16(26)4-5-18(17)27/h4-7,14,21,28H,8-13,15H2,1-3H3. The number of carbonyl (C=O) groups is 1. The van der Waals surface area contributed by atoms with E-state index in [0.717, 1.165) is 23.0 Å². The molecule has 1 atom stereocenters. The summed E-state index contributed by atoms with van der Waals surface area (Å²) in [6.07, 6.45) is 6.83. The maximum atomic E-state index is 13.5. The van der Waals surface area contributed by atoms with Gasteiger partial charge in [0.1, 0.15) is 11.9 Å². The molecule has 1 unspecified atom stereocenters. The van der Waals surface area contributed by atoms with Crippen LogP contribution < -0.4 is 4.90 Å². The molecule has 1 amide bonds. The molecular weight excluding hydrogens is 442 g/mol. The number of hydrogen-bond acceptors (Lipinski definition) is 3. The first kappa shape index (κ1) is 20.3. The van der Waals surface area contributed by atoms with Crippen molar-refractivity contribution in [2.24, 2.45) is 10.8 Å². The summed E-state index contributed by atoms with van der Waals surface area (Å²) in [5, 5.41) is 10.5. The Hall–Kier alpha value is -1.59. The summed E-state index contributed by atoms with van der Waals surface area (Å²) in [4.78, 5) is 15.4. The van der Waals surface area contributed by atoms with Gasteiger partial charge in [-0.1, -0.05) is 36.7 Å². The fourth-order valence-corrected chi connectivity index (χ4v) is 5.72. The van der Waals surface area contributed by atoms with Gasteiger partial charge in [0.2, 0.25) is 0 Å². The van der Waals surface area contributed by atoms with E-state index in [2.05, 4.69) is 28.1 Å². The highest BCUT2D eigenvalue weighted by Crippen LogP contribution is 2.62. The fourth-order valence-electron chi connectivity index (χ4n) is 5.36. The summed E-state index contributed by atoms with van der Waals surface area (Å²) in [5.41, 5.74) is 2.60. The number of rotatable bonds is 2. The summed E-state index contributed by atoms with van der Waals surface area (Å²) < 4.78 is 6.92. The first-order valence-electron chi connectivity index (χ1n) is 11.0. The molecular formula is C25H30BrNO3. The highest BCUT2D eigenvalue weighted by molar-refractivity contribution is 9.10. The largest absolute Gasteiger partial charge is 0.453 e. The predicted octanol–water partition coefficient (Wildman–Crippen LogP) is 6.37. The van der Waals surface area contributed by atoms with Crippen LogP contribution in [0, 0.1) is 10.8 Å². The molecule has 3 aliphatic rings. The fraction of sp³-hybridized carbons (Fsp3) is 0.560. The van der Waals surface area contributed by atoms with Crippen molar-refractivity contribution in [2.45, 2.75) is 70.8 Å². The van der Waals surface area contributed by atoms with E-state index in [4.69, 9.17) is 4.42 Å². The Balaban J connectivity index is 1.45. The van der Waals surface area contributed by atoms with E-state index in [1.54, 1.807) is 12.1 Å². The van der Waals surface area contributed by atoms with E-state index in [1.165, 1.54) is 31.2 Å². The molecule has 5 rings (SSSR count). The maximum Gasteiger partial charge on any atom is 0.294 e. The minimum Gasteiger partial charge on any atom is -0.453 e. The number of anilines is 1. The lowest BCUT2D eigenvalue weighted by atomic mass is 9.66. The Morgan fingerprint density at radius 1 is 1.10 bits per heavy atom. The highest BCUT2D eigenvalue weighted by atomic mass is 79.9. The normalized spacial score (nSPS) is 22.4. The van der Waals surface area contributed by atoms with Crippen LogP contribution in [0.1, 0.15) is 87.3 Å². The SMILES string of the molecule is CC(C)(C)C(O)c1ccc(C(=O)N2CC3(CCC4(CC4)CC3)c3cc(Br)ccc32)o1. The molecule has 1 aliphatic heterocycles. The molecule has 2 saturated carbocycles. The van der Waals surface area contributed by atoms with Crippen LogP contribution in [-0.2, 0) is 5.41 Å². The molecule has 5 heteroatoms. The third-order valence-electron chi connectivity index (χ3n) is 7.68. The van der Waals surface area contributed by atoms with E-state index in [1.807, 2.05) is 31.7 Å². The zero-order valence-electron chi connectivity index (χ0n) is 18.0. The van der Waals surface area contributed by atoms with Crippen molar-refractivity contribution in [1.82, 2.24) is 0 Å². The second kappa shape index (κ2) is 6.70. The van der Waals surface area contributed by atoms with Crippen LogP contribution in [0.5, 0.6) is 0 Å². The van der Waals surface area contributed by atoms with E-state index in [0.29, 0.717) is 23.5 Å². The van der Waals surface area contributed by atoms with Gasteiger partial charge in [0.15, 0.2) is 5.76 Å². The number of amides is 1. The Morgan fingerprint density at radius 3 is 2.40 bits per heavy atom. The number of nitrogens with zero attached hydrogens (tertiary/aromatic N) is 1. The van der Waals surface area contributed by atoms with Gasteiger partial charge in [0.05, 0.1) is 0 Å². The van der Waals surface area contributed by atoms with Crippen molar-refractivity contribution in [3.63, 3.8) is 0 Å². The molecule has 2 aromatic rings. The van der Waals surface area contributed by atoms with E-state index in [9.17, 15) is 9.90 Å². The molecule has 30 heavy (non-hydrogen) atoms. The van der Waals surface area contributed by atoms with Crippen LogP contribution in [0.3, 0.4) is 0 Å². The Bertz CT molecular complexity index is 988. The lowest BCUT2D eigenvalue weighted by Crippen LogP contribution is -2.39. The molecule has 0 radical (unpaired) electrons. The average molecular weight is 472 g/mol. The van der Waals surface area contributed by atoms with Gasteiger partial charge in [0, 0.05) is 22.1 Å². The average Bonchev–Trinajstić information content (AvgIpc) is 3.17. The number of aliphatic hydroxyl groups excluding tert-OH is 1. The van der Waals surface area contributed by atoms with Crippen LogP contribution >= 0.6 is 15.9 Å². The molecule has 2 aliphatic carbocycles. The van der Waals surface area contributed by atoms with Crippen molar-refractivity contribution in [2.75, 3.05) is 11.4 Å². The zero-order valence-corrected chi connectivity index (χ0v) is 19.6. The molecule has 0 bridgehead atoms. The predicted molar refractivity (Wildman–Crippen MR) is 121 cm³/mol. The van der Waals surface area contributed by atoms with E-state index in [-0.39, 0.29) is 16.7 Å². The first-order chi connectivity index (χ1) is 14.1. The third kappa shape index (κ3) is 3.25. The van der Waals surface area contributed by atoms with Crippen molar-refractivity contribution < 1.29 is 14.3 Å². The van der Waals surface area contributed by atoms with Crippen molar-refractivity contribution in [3.8, 4) is 0 Å². The summed E-state index contributed by atoms with van der Waals surface area (Å²) in [6.45, 7) is 6.58. The minimum atomic E-state index is -0.750. The van der Waals surface area contributed by atoms with E-state index >= 15 is 0 Å². The molecule has 0 saturated heterocycles. The van der Waals surface area contributed by atoms with Crippen LogP contribution in [0.25, 0.3) is 0 Å². The number of furan rings is 1. The molecule has 2 fully saturated rings. The van der Waals surface area contributed by atoms with Crippen molar-refractivity contribution >= 4 is 27.5 Å². The van der Waals surface area contributed by atoms with Gasteiger partial charge in [-0.15, -0.1) is 0 Å². The van der Waals surface area contributed by atoms with Gasteiger partial charge in [-0.05, 0) is 85.3 Å². The summed E-state index contributed by atoms with van der Waals surface area (Å²) in [6, 6.07) is 9.72. The number of halogens is 1. The quantitative estimate of drug-likeness (QED) is 0.552. The maximum absolute atomic E-state index is 13.5. The molecule has 1 N–H and O–H groups in total. The van der Waals surface area contributed by atoms with Crippen molar-refractivity contribution in [1.29, 1.82) is 0 Å². The van der Waals surface area contributed by atoms with Crippen LogP contribution in [-0.4, -0.2) is 17.6 Å². The van der Waals surface area contributed by atoms with E-state index < -0.39 is 6.10 Å².